The van der Waals surface area contributed by atoms with Crippen molar-refractivity contribution in [2.24, 2.45) is 0 Å². The summed E-state index contributed by atoms with van der Waals surface area (Å²) in [6, 6.07) is 3.20. The number of H-pyrrole nitrogens is 1. The van der Waals surface area contributed by atoms with Crippen molar-refractivity contribution in [2.45, 2.75) is 19.0 Å². The number of aryl methyl sites for hydroxylation is 1. The lowest BCUT2D eigenvalue weighted by Gasteiger charge is -2.11. The van der Waals surface area contributed by atoms with Crippen LogP contribution in [0.4, 0.5) is 5.69 Å². The maximum absolute atomic E-state index is 12.0. The van der Waals surface area contributed by atoms with Crippen molar-refractivity contribution in [3.05, 3.63) is 43.2 Å². The van der Waals surface area contributed by atoms with Crippen LogP contribution in [-0.4, -0.2) is 26.3 Å². The molecule has 0 amide bonds. The number of aromatic amines is 1. The fraction of sp³-hybridized carbons (Fsp3) is 0.214. The van der Waals surface area contributed by atoms with Gasteiger partial charge in [0, 0.05) is 5.56 Å². The molecule has 118 valence electrons. The molecule has 1 heterocycles. The van der Waals surface area contributed by atoms with E-state index in [1.165, 1.54) is 13.0 Å². The average Bonchev–Trinajstić information content (AvgIpc) is 2.49. The molecule has 0 saturated heterocycles. The molecule has 0 aliphatic carbocycles. The van der Waals surface area contributed by atoms with E-state index >= 15 is 0 Å². The van der Waals surface area contributed by atoms with E-state index in [9.17, 15) is 25.3 Å². The number of benzene rings is 1. The Morgan fingerprint density at radius 1 is 1.48 bits per heavy atom. The molecule has 0 unspecified atom stereocenters. The Hall–Kier alpha value is -2.86. The first kappa shape index (κ1) is 16.5. The highest BCUT2D eigenvalue weighted by Crippen LogP contribution is 2.40. The highest BCUT2D eigenvalue weighted by atomic mass is 32.2. The molecule has 1 aromatic carbocycles. The molecule has 0 spiro atoms. The number of hydrogen-bond donors (Lipinski definition) is 2. The smallest absolute Gasteiger partial charge is 0.314 e. The van der Waals surface area contributed by atoms with Gasteiger partial charge < -0.3 is 10.1 Å². The van der Waals surface area contributed by atoms with Crippen molar-refractivity contribution in [1.29, 1.82) is 5.26 Å². The Bertz CT molecular complexity index is 914. The van der Waals surface area contributed by atoms with Crippen LogP contribution in [0.5, 0.6) is 5.75 Å². The van der Waals surface area contributed by atoms with Gasteiger partial charge in [0.15, 0.2) is 5.16 Å². The number of phenolic OH excluding ortho intramolecular Hbond substituents is 1. The van der Waals surface area contributed by atoms with Gasteiger partial charge in [-0.05, 0) is 31.7 Å². The second-order valence-electron chi connectivity index (χ2n) is 4.73. The molecule has 0 saturated carbocycles. The summed E-state index contributed by atoms with van der Waals surface area (Å²) >= 11 is 1.14. The molecule has 0 fully saturated rings. The number of thioether (sulfide) groups is 1. The molecule has 0 aliphatic heterocycles. The maximum atomic E-state index is 12.0. The Balaban J connectivity index is 2.94. The minimum Gasteiger partial charge on any atom is -0.502 e. The molecule has 2 N–H and O–H groups in total. The lowest BCUT2D eigenvalue weighted by molar-refractivity contribution is -0.386. The van der Waals surface area contributed by atoms with Crippen LogP contribution in [0.1, 0.15) is 16.7 Å². The number of aromatic hydroxyl groups is 1. The number of nitriles is 1. The van der Waals surface area contributed by atoms with Crippen molar-refractivity contribution in [2.75, 3.05) is 6.26 Å². The van der Waals surface area contributed by atoms with Crippen molar-refractivity contribution >= 4 is 17.4 Å². The van der Waals surface area contributed by atoms with E-state index in [1.54, 1.807) is 19.2 Å². The minimum atomic E-state index is -0.699. The maximum Gasteiger partial charge on any atom is 0.314 e. The van der Waals surface area contributed by atoms with Crippen LogP contribution in [0.25, 0.3) is 11.3 Å². The van der Waals surface area contributed by atoms with Gasteiger partial charge in [-0.1, -0.05) is 11.8 Å². The Morgan fingerprint density at radius 3 is 2.65 bits per heavy atom. The van der Waals surface area contributed by atoms with E-state index in [-0.39, 0.29) is 22.0 Å². The molecule has 0 radical (unpaired) electrons. The SMILES string of the molecule is CSc1nc(-c2cc(C)c(C)c([N+](=O)[O-])c2O)c(C#N)c(=O)[nH]1. The number of nitro groups is 1. The van der Waals surface area contributed by atoms with Crippen molar-refractivity contribution < 1.29 is 10.0 Å². The van der Waals surface area contributed by atoms with Gasteiger partial charge in [-0.3, -0.25) is 14.9 Å². The van der Waals surface area contributed by atoms with Gasteiger partial charge in [-0.25, -0.2) is 4.98 Å². The lowest BCUT2D eigenvalue weighted by atomic mass is 9.98. The van der Waals surface area contributed by atoms with E-state index in [1.807, 2.05) is 0 Å². The molecule has 23 heavy (non-hydrogen) atoms. The van der Waals surface area contributed by atoms with Crippen LogP contribution in [0, 0.1) is 35.3 Å². The molecule has 0 bridgehead atoms. The van der Waals surface area contributed by atoms with Crippen molar-refractivity contribution in [3.8, 4) is 23.1 Å². The summed E-state index contributed by atoms with van der Waals surface area (Å²) in [6.45, 7) is 3.15. The van der Waals surface area contributed by atoms with Crippen molar-refractivity contribution in [3.63, 3.8) is 0 Å². The number of nitrogens with zero attached hydrogens (tertiary/aromatic N) is 3. The van der Waals surface area contributed by atoms with E-state index < -0.39 is 21.9 Å². The zero-order valence-corrected chi connectivity index (χ0v) is 13.3. The number of aromatic nitrogens is 2. The van der Waals surface area contributed by atoms with Gasteiger partial charge >= 0.3 is 5.69 Å². The Morgan fingerprint density at radius 2 is 2.13 bits per heavy atom. The topological polar surface area (TPSA) is 133 Å². The summed E-state index contributed by atoms with van der Waals surface area (Å²) < 4.78 is 0. The summed E-state index contributed by atoms with van der Waals surface area (Å²) in [5.74, 6) is -0.611. The molecule has 8 nitrogen and oxygen atoms in total. The van der Waals surface area contributed by atoms with Gasteiger partial charge in [-0.2, -0.15) is 5.26 Å². The minimum absolute atomic E-state index is 0.0160. The average molecular weight is 332 g/mol. The standard InChI is InChI=1S/C14H12N4O4S/c1-6-4-8(12(19)11(7(6)2)18(21)22)10-9(5-15)13(20)17-14(16-10)23-3/h4,19H,1-3H3,(H,16,17,20). The fourth-order valence-electron chi connectivity index (χ4n) is 2.14. The van der Waals surface area contributed by atoms with Crippen molar-refractivity contribution in [1.82, 2.24) is 9.97 Å². The van der Waals surface area contributed by atoms with Crippen LogP contribution in [0.2, 0.25) is 0 Å². The highest BCUT2D eigenvalue weighted by Gasteiger charge is 2.26. The molecule has 2 rings (SSSR count). The van der Waals surface area contributed by atoms with Gasteiger partial charge in [0.05, 0.1) is 10.5 Å². The molecule has 0 atom stereocenters. The monoisotopic (exact) mass is 332 g/mol. The van der Waals surface area contributed by atoms with Crippen LogP contribution < -0.4 is 5.56 Å². The van der Waals surface area contributed by atoms with Gasteiger partial charge in [0.25, 0.3) is 5.56 Å². The van der Waals surface area contributed by atoms with E-state index in [4.69, 9.17) is 0 Å². The summed E-state index contributed by atoms with van der Waals surface area (Å²) in [5.41, 5.74) is -0.678. The Kier molecular flexibility index (Phi) is 4.38. The van der Waals surface area contributed by atoms with Crippen LogP contribution in [-0.2, 0) is 0 Å². The summed E-state index contributed by atoms with van der Waals surface area (Å²) in [6.07, 6.45) is 1.68. The zero-order chi connectivity index (χ0) is 17.3. The third kappa shape index (κ3) is 2.76. The quantitative estimate of drug-likeness (QED) is 0.381. The third-order valence-electron chi connectivity index (χ3n) is 3.43. The van der Waals surface area contributed by atoms with Crippen LogP contribution in [0.3, 0.4) is 0 Å². The molecule has 1 aromatic heterocycles. The lowest BCUT2D eigenvalue weighted by Crippen LogP contribution is -2.15. The number of phenols is 1. The first-order chi connectivity index (χ1) is 10.8. The predicted octanol–water partition coefficient (Wildman–Crippen LogP) is 2.26. The molecule has 0 aliphatic rings. The Labute approximate surface area is 135 Å². The van der Waals surface area contributed by atoms with E-state index in [0.29, 0.717) is 11.1 Å². The number of hydrogen-bond acceptors (Lipinski definition) is 7. The van der Waals surface area contributed by atoms with Crippen LogP contribution in [0.15, 0.2) is 16.0 Å². The van der Waals surface area contributed by atoms with Gasteiger partial charge in [-0.15, -0.1) is 0 Å². The highest BCUT2D eigenvalue weighted by molar-refractivity contribution is 7.98. The first-order valence-corrected chi connectivity index (χ1v) is 7.60. The second-order valence-corrected chi connectivity index (χ2v) is 5.53. The molecular formula is C14H12N4O4S. The first-order valence-electron chi connectivity index (χ1n) is 6.38. The third-order valence-corrected chi connectivity index (χ3v) is 4.01. The van der Waals surface area contributed by atoms with E-state index in [0.717, 1.165) is 11.8 Å². The fourth-order valence-corrected chi connectivity index (χ4v) is 2.51. The van der Waals surface area contributed by atoms with Gasteiger partial charge in [0.2, 0.25) is 5.75 Å². The molecule has 9 heteroatoms. The summed E-state index contributed by atoms with van der Waals surface area (Å²) in [5, 5.41) is 30.9. The van der Waals surface area contributed by atoms with Crippen LogP contribution >= 0.6 is 11.8 Å². The molecule has 2 aromatic rings. The number of nitro benzene ring substituents is 1. The molecular weight excluding hydrogens is 320 g/mol. The van der Waals surface area contributed by atoms with E-state index in [2.05, 4.69) is 9.97 Å². The van der Waals surface area contributed by atoms with Gasteiger partial charge in [0.1, 0.15) is 17.3 Å². The number of rotatable bonds is 3. The largest absolute Gasteiger partial charge is 0.502 e. The predicted molar refractivity (Wildman–Crippen MR) is 84.6 cm³/mol. The summed E-state index contributed by atoms with van der Waals surface area (Å²) in [7, 11) is 0. The number of nitrogens with one attached hydrogen (secondary N) is 1. The summed E-state index contributed by atoms with van der Waals surface area (Å²) in [4.78, 5) is 29.0. The normalized spacial score (nSPS) is 10.3. The zero-order valence-electron chi connectivity index (χ0n) is 12.5. The second kappa shape index (κ2) is 6.10.